The number of amides is 1. The van der Waals surface area contributed by atoms with Crippen molar-refractivity contribution >= 4 is 18.1 Å². The smallest absolute Gasteiger partial charge is 0.340 e. The number of aryl methyl sites for hydroxylation is 1. The van der Waals surface area contributed by atoms with Gasteiger partial charge in [-0.1, -0.05) is 0 Å². The van der Waals surface area contributed by atoms with Crippen LogP contribution in [0.15, 0.2) is 29.4 Å². The van der Waals surface area contributed by atoms with E-state index in [1.165, 1.54) is 6.21 Å². The number of ether oxygens (including phenoxy) is 2. The summed E-state index contributed by atoms with van der Waals surface area (Å²) in [5.74, 6) is -0.01000. The maximum absolute atomic E-state index is 12.1. The molecule has 7 heteroatoms. The predicted molar refractivity (Wildman–Crippen MR) is 98.9 cm³/mol. The molecule has 0 saturated carbocycles. The highest BCUT2D eigenvalue weighted by Gasteiger charge is 2.18. The first kappa shape index (κ1) is 19.2. The molecule has 1 heterocycles. The predicted octanol–water partition coefficient (Wildman–Crippen LogP) is 2.97. The average Bonchev–Trinajstić information content (AvgIpc) is 2.90. The Morgan fingerprint density at radius 3 is 2.46 bits per heavy atom. The summed E-state index contributed by atoms with van der Waals surface area (Å²) in [6, 6.07) is 6.79. The van der Waals surface area contributed by atoms with Crippen LogP contribution in [-0.4, -0.2) is 36.3 Å². The lowest BCUT2D eigenvalue weighted by Gasteiger charge is -2.04. The fourth-order valence-corrected chi connectivity index (χ4v) is 2.50. The fraction of sp³-hybridized carbons (Fsp3) is 0.316. The van der Waals surface area contributed by atoms with Crippen LogP contribution in [-0.2, 0) is 4.74 Å². The number of esters is 1. The number of carbonyl (C=O) groups is 2. The lowest BCUT2D eigenvalue weighted by Crippen LogP contribution is -2.17. The highest BCUT2D eigenvalue weighted by atomic mass is 16.5. The topological polar surface area (TPSA) is 92.8 Å². The largest absolute Gasteiger partial charge is 0.494 e. The van der Waals surface area contributed by atoms with Crippen molar-refractivity contribution in [1.29, 1.82) is 0 Å². The van der Waals surface area contributed by atoms with E-state index in [4.69, 9.17) is 9.47 Å². The number of aromatic amines is 1. The van der Waals surface area contributed by atoms with Crippen molar-refractivity contribution < 1.29 is 19.1 Å². The average molecular weight is 357 g/mol. The zero-order valence-electron chi connectivity index (χ0n) is 15.4. The SMILES string of the molecule is CCOC(=O)c1c(C)[nH]c(/C=N/NC(=O)c2ccc(OCC)cc2)c1C. The molecule has 0 saturated heterocycles. The van der Waals surface area contributed by atoms with Gasteiger partial charge in [-0.25, -0.2) is 10.2 Å². The molecule has 138 valence electrons. The van der Waals surface area contributed by atoms with Crippen molar-refractivity contribution in [2.75, 3.05) is 13.2 Å². The second-order valence-electron chi connectivity index (χ2n) is 5.54. The van der Waals surface area contributed by atoms with E-state index in [0.717, 1.165) is 5.56 Å². The molecule has 0 spiro atoms. The fourth-order valence-electron chi connectivity index (χ4n) is 2.50. The van der Waals surface area contributed by atoms with Crippen LogP contribution in [0.4, 0.5) is 0 Å². The van der Waals surface area contributed by atoms with Crippen LogP contribution in [0.5, 0.6) is 5.75 Å². The van der Waals surface area contributed by atoms with Gasteiger partial charge in [0.2, 0.25) is 0 Å². The second kappa shape index (κ2) is 8.84. The summed E-state index contributed by atoms with van der Waals surface area (Å²) < 4.78 is 10.4. The van der Waals surface area contributed by atoms with Crippen LogP contribution in [0.25, 0.3) is 0 Å². The van der Waals surface area contributed by atoms with E-state index in [0.29, 0.717) is 41.5 Å². The van der Waals surface area contributed by atoms with Crippen molar-refractivity contribution in [3.63, 3.8) is 0 Å². The standard InChI is InChI=1S/C19H23N3O4/c1-5-25-15-9-7-14(8-10-15)18(23)22-20-11-16-12(3)17(13(4)21-16)19(24)26-6-2/h7-11,21H,5-6H2,1-4H3,(H,22,23)/b20-11+. The number of nitrogens with zero attached hydrogens (tertiary/aromatic N) is 1. The van der Waals surface area contributed by atoms with E-state index in [9.17, 15) is 9.59 Å². The molecule has 0 fully saturated rings. The Morgan fingerprint density at radius 1 is 1.15 bits per heavy atom. The van der Waals surface area contributed by atoms with E-state index in [1.807, 2.05) is 6.92 Å². The summed E-state index contributed by atoms with van der Waals surface area (Å²) in [5.41, 5.74) is 5.48. The first-order valence-electron chi connectivity index (χ1n) is 8.40. The van der Waals surface area contributed by atoms with Crippen LogP contribution in [0.2, 0.25) is 0 Å². The Morgan fingerprint density at radius 2 is 1.85 bits per heavy atom. The third-order valence-corrected chi connectivity index (χ3v) is 3.74. The zero-order chi connectivity index (χ0) is 19.1. The molecule has 2 rings (SSSR count). The third kappa shape index (κ3) is 4.50. The number of hydrogen-bond donors (Lipinski definition) is 2. The zero-order valence-corrected chi connectivity index (χ0v) is 15.4. The van der Waals surface area contributed by atoms with Gasteiger partial charge in [0.25, 0.3) is 5.91 Å². The molecule has 1 aromatic carbocycles. The van der Waals surface area contributed by atoms with Gasteiger partial charge < -0.3 is 14.5 Å². The van der Waals surface area contributed by atoms with Crippen molar-refractivity contribution in [2.45, 2.75) is 27.7 Å². The molecule has 0 aliphatic carbocycles. The molecule has 0 unspecified atom stereocenters. The molecule has 2 aromatic rings. The molecule has 0 atom stereocenters. The van der Waals surface area contributed by atoms with Gasteiger partial charge in [-0.2, -0.15) is 5.10 Å². The molecular weight excluding hydrogens is 334 g/mol. The van der Waals surface area contributed by atoms with Gasteiger partial charge in [-0.3, -0.25) is 4.79 Å². The minimum absolute atomic E-state index is 0.310. The molecule has 0 radical (unpaired) electrons. The lowest BCUT2D eigenvalue weighted by molar-refractivity contribution is 0.0525. The highest BCUT2D eigenvalue weighted by Crippen LogP contribution is 2.17. The Bertz CT molecular complexity index is 807. The maximum atomic E-state index is 12.1. The number of H-pyrrole nitrogens is 1. The number of benzene rings is 1. The van der Waals surface area contributed by atoms with Crippen LogP contribution < -0.4 is 10.2 Å². The molecule has 0 aliphatic rings. The van der Waals surface area contributed by atoms with Gasteiger partial charge in [0, 0.05) is 11.3 Å². The summed E-state index contributed by atoms with van der Waals surface area (Å²) in [6.45, 7) is 8.12. The number of hydrogen-bond acceptors (Lipinski definition) is 5. The van der Waals surface area contributed by atoms with Crippen LogP contribution >= 0.6 is 0 Å². The van der Waals surface area contributed by atoms with E-state index >= 15 is 0 Å². The van der Waals surface area contributed by atoms with Gasteiger partial charge in [0.05, 0.1) is 30.7 Å². The maximum Gasteiger partial charge on any atom is 0.340 e. The second-order valence-corrected chi connectivity index (χ2v) is 5.54. The van der Waals surface area contributed by atoms with Crippen LogP contribution in [0.1, 0.15) is 51.5 Å². The van der Waals surface area contributed by atoms with Crippen molar-refractivity contribution in [1.82, 2.24) is 10.4 Å². The minimum Gasteiger partial charge on any atom is -0.494 e. The first-order chi connectivity index (χ1) is 12.5. The Kier molecular flexibility index (Phi) is 6.54. The number of hydrazone groups is 1. The van der Waals surface area contributed by atoms with Gasteiger partial charge >= 0.3 is 5.97 Å². The van der Waals surface area contributed by atoms with Gasteiger partial charge in [-0.15, -0.1) is 0 Å². The molecule has 7 nitrogen and oxygen atoms in total. The molecule has 1 aromatic heterocycles. The van der Waals surface area contributed by atoms with E-state index < -0.39 is 0 Å². The Labute approximate surface area is 152 Å². The van der Waals surface area contributed by atoms with E-state index in [-0.39, 0.29) is 11.9 Å². The van der Waals surface area contributed by atoms with Gasteiger partial charge in [-0.05, 0) is 57.5 Å². The van der Waals surface area contributed by atoms with E-state index in [2.05, 4.69) is 15.5 Å². The number of rotatable bonds is 7. The van der Waals surface area contributed by atoms with Gasteiger partial charge in [0.1, 0.15) is 5.75 Å². The molecule has 2 N–H and O–H groups in total. The minimum atomic E-state index is -0.378. The summed E-state index contributed by atoms with van der Waals surface area (Å²) in [5, 5.41) is 3.96. The highest BCUT2D eigenvalue weighted by molar-refractivity contribution is 5.97. The quantitative estimate of drug-likeness (QED) is 0.453. The Balaban J connectivity index is 2.05. The molecular formula is C19H23N3O4. The van der Waals surface area contributed by atoms with Crippen molar-refractivity contribution in [2.24, 2.45) is 5.10 Å². The Hall–Kier alpha value is -3.09. The van der Waals surface area contributed by atoms with Crippen molar-refractivity contribution in [3.05, 3.63) is 52.3 Å². The third-order valence-electron chi connectivity index (χ3n) is 3.74. The van der Waals surface area contributed by atoms with Gasteiger partial charge in [0.15, 0.2) is 0 Å². The molecule has 26 heavy (non-hydrogen) atoms. The van der Waals surface area contributed by atoms with Crippen LogP contribution in [0.3, 0.4) is 0 Å². The van der Waals surface area contributed by atoms with Crippen LogP contribution in [0, 0.1) is 13.8 Å². The lowest BCUT2D eigenvalue weighted by atomic mass is 10.1. The summed E-state index contributed by atoms with van der Waals surface area (Å²) in [7, 11) is 0. The molecule has 0 bridgehead atoms. The number of carbonyl (C=O) groups excluding carboxylic acids is 2. The summed E-state index contributed by atoms with van der Waals surface area (Å²) in [4.78, 5) is 27.1. The summed E-state index contributed by atoms with van der Waals surface area (Å²) >= 11 is 0. The van der Waals surface area contributed by atoms with E-state index in [1.54, 1.807) is 45.0 Å². The monoisotopic (exact) mass is 357 g/mol. The van der Waals surface area contributed by atoms with Crippen molar-refractivity contribution in [3.8, 4) is 5.75 Å². The summed E-state index contributed by atoms with van der Waals surface area (Å²) in [6.07, 6.45) is 1.47. The number of nitrogens with one attached hydrogen (secondary N) is 2. The number of aromatic nitrogens is 1. The first-order valence-corrected chi connectivity index (χ1v) is 8.40. The molecule has 0 aliphatic heterocycles. The normalized spacial score (nSPS) is 10.8. The molecule has 1 amide bonds.